The summed E-state index contributed by atoms with van der Waals surface area (Å²) >= 11 is 0. The van der Waals surface area contributed by atoms with Crippen molar-refractivity contribution in [1.82, 2.24) is 27.4 Å². The molecule has 0 atom stereocenters. The lowest BCUT2D eigenvalue weighted by molar-refractivity contribution is 0.671. The molecule has 7 aromatic heterocycles. The number of para-hydroxylation sites is 13. The highest BCUT2D eigenvalue weighted by Crippen LogP contribution is 2.56. The fourth-order valence-corrected chi connectivity index (χ4v) is 22.6. The number of hydrogen-bond acceptors (Lipinski definition) is 4. The van der Waals surface area contributed by atoms with Gasteiger partial charge in [0.05, 0.1) is 72.4 Å². The Morgan fingerprint density at radius 3 is 0.896 bits per heavy atom. The van der Waals surface area contributed by atoms with Crippen LogP contribution in [0.5, 0.6) is 0 Å². The van der Waals surface area contributed by atoms with E-state index in [2.05, 4.69) is 582 Å². The molecule has 8 heterocycles. The molecule has 1 aliphatic rings. The zero-order valence-electron chi connectivity index (χ0n) is 78.3. The highest BCUT2D eigenvalue weighted by atomic mass is 16.3. The van der Waals surface area contributed by atoms with Gasteiger partial charge in [-0.05, 0) is 251 Å². The van der Waals surface area contributed by atoms with Crippen molar-refractivity contribution >= 4 is 193 Å². The van der Waals surface area contributed by atoms with E-state index >= 15 is 0 Å². The second kappa shape index (κ2) is 34.3. The molecule has 0 amide bonds. The van der Waals surface area contributed by atoms with E-state index in [4.69, 9.17) is 4.42 Å². The molecule has 10 heteroatoms. The minimum atomic E-state index is 0.916. The molecule has 0 fully saturated rings. The summed E-state index contributed by atoms with van der Waals surface area (Å²) < 4.78 is 20.9. The minimum Gasteiger partial charge on any atom is -0.455 e. The quantitative estimate of drug-likeness (QED) is 0.115. The van der Waals surface area contributed by atoms with Crippen molar-refractivity contribution in [2.45, 2.75) is 0 Å². The Labute approximate surface area is 830 Å². The zero-order chi connectivity index (χ0) is 94.8. The van der Waals surface area contributed by atoms with Gasteiger partial charge in [-0.3, -0.25) is 0 Å². The molecule has 10 nitrogen and oxygen atoms in total. The van der Waals surface area contributed by atoms with Crippen molar-refractivity contribution in [2.24, 2.45) is 0 Å². The fourth-order valence-electron chi connectivity index (χ4n) is 22.6. The Hall–Kier alpha value is -19.4. The number of rotatable bonds is 13. The molecule has 0 spiro atoms. The predicted octanol–water partition coefficient (Wildman–Crippen LogP) is 36.4. The molecule has 144 heavy (non-hydrogen) atoms. The second-order valence-corrected chi connectivity index (χ2v) is 37.1. The van der Waals surface area contributed by atoms with Crippen LogP contribution in [0.25, 0.3) is 198 Å². The van der Waals surface area contributed by atoms with Gasteiger partial charge in [0.2, 0.25) is 0 Å². The lowest BCUT2D eigenvalue weighted by Gasteiger charge is -2.40. The molecule has 0 saturated carbocycles. The molecular formula is C134H89N9O. The molecule has 30 rings (SSSR count). The summed E-state index contributed by atoms with van der Waals surface area (Å²) in [5, 5.41) is 18.2. The van der Waals surface area contributed by atoms with Crippen LogP contribution >= 0.6 is 0 Å². The predicted molar refractivity (Wildman–Crippen MR) is 604 cm³/mol. The second-order valence-electron chi connectivity index (χ2n) is 37.1. The number of benzene rings is 22. The van der Waals surface area contributed by atoms with Gasteiger partial charge >= 0.3 is 0 Å². The van der Waals surface area contributed by atoms with Crippen LogP contribution in [0, 0.1) is 0 Å². The summed E-state index contributed by atoms with van der Waals surface area (Å²) in [5.74, 6) is 0. The number of hydrogen-bond donors (Lipinski definition) is 0. The van der Waals surface area contributed by atoms with E-state index in [-0.39, 0.29) is 0 Å². The van der Waals surface area contributed by atoms with Crippen molar-refractivity contribution in [2.75, 3.05) is 14.7 Å². The Balaban J connectivity index is 0.000000105. The first-order chi connectivity index (χ1) is 71.5. The molecule has 0 saturated heterocycles. The molecule has 0 N–H and O–H groups in total. The van der Waals surface area contributed by atoms with Gasteiger partial charge < -0.3 is 46.5 Å². The topological polar surface area (TPSA) is 52.4 Å². The van der Waals surface area contributed by atoms with Crippen LogP contribution in [0.3, 0.4) is 0 Å². The maximum absolute atomic E-state index is 6.79. The smallest absolute Gasteiger partial charge is 0.143 e. The number of aromatic nitrogens is 6. The Morgan fingerprint density at radius 2 is 0.479 bits per heavy atom. The molecule has 0 radical (unpaired) electrons. The molecule has 0 unspecified atom stereocenters. The van der Waals surface area contributed by atoms with Crippen molar-refractivity contribution in [3.8, 4) is 56.4 Å². The summed E-state index contributed by atoms with van der Waals surface area (Å²) in [6.07, 6.45) is 6.57. The maximum Gasteiger partial charge on any atom is 0.143 e. The van der Waals surface area contributed by atoms with Gasteiger partial charge in [0.1, 0.15) is 11.2 Å². The number of nitrogens with zero attached hydrogens (tertiary/aromatic N) is 9. The third kappa shape index (κ3) is 13.7. The highest BCUT2D eigenvalue weighted by molar-refractivity contribution is 6.23. The molecule has 22 aromatic carbocycles. The van der Waals surface area contributed by atoms with E-state index in [9.17, 15) is 0 Å². The maximum atomic E-state index is 6.79. The average Bonchev–Trinajstić information content (AvgIpc) is 1.59. The zero-order valence-corrected chi connectivity index (χ0v) is 78.3. The van der Waals surface area contributed by atoms with Crippen molar-refractivity contribution < 1.29 is 4.42 Å². The summed E-state index contributed by atoms with van der Waals surface area (Å²) in [4.78, 5) is 7.18. The van der Waals surface area contributed by atoms with E-state index in [1.807, 2.05) is 0 Å². The van der Waals surface area contributed by atoms with Crippen LogP contribution in [-0.2, 0) is 0 Å². The Kier molecular flexibility index (Phi) is 19.7. The monoisotopic (exact) mass is 1840 g/mol. The molecule has 0 bridgehead atoms. The third-order valence-corrected chi connectivity index (χ3v) is 29.1. The van der Waals surface area contributed by atoms with E-state index in [1.165, 1.54) is 120 Å². The van der Waals surface area contributed by atoms with Crippen LogP contribution in [0.2, 0.25) is 0 Å². The van der Waals surface area contributed by atoms with Gasteiger partial charge in [0.25, 0.3) is 0 Å². The van der Waals surface area contributed by atoms with Crippen molar-refractivity contribution in [3.63, 3.8) is 0 Å². The van der Waals surface area contributed by atoms with Gasteiger partial charge in [-0.25, -0.2) is 0 Å². The SMILES string of the molecule is c1ccc(-c2cccc3c2oc2c(-c4ccc5c(c4)c4ccc6c(ccn6-c6ccccc6)c4n5-c4ccccc4)cccc23)cc1.c1ccc(-n2ccc3c2ccc2c4cc(N(c5ccc6ccccc6c5)c5ccc6ccccc6c5)ccc4n(-c4ccccc4)c23)cc1.c1ccc(N2c3ccccc3N(c3ccc4c(c3)c3ccc5c(ccn5-c5ccccc5)c3n4-c3ccccc3)c3ccccc32)cc1. The third-order valence-electron chi connectivity index (χ3n) is 29.1. The summed E-state index contributed by atoms with van der Waals surface area (Å²) in [6.45, 7) is 0. The Bertz CT molecular complexity index is 9910. The molecule has 1 aliphatic heterocycles. The first kappa shape index (κ1) is 82.8. The minimum absolute atomic E-state index is 0.916. The van der Waals surface area contributed by atoms with Crippen LogP contribution in [0.1, 0.15) is 0 Å². The van der Waals surface area contributed by atoms with Crippen molar-refractivity contribution in [1.29, 1.82) is 0 Å². The molecular weight excluding hydrogens is 1750 g/mol. The van der Waals surface area contributed by atoms with E-state index in [0.29, 0.717) is 0 Å². The van der Waals surface area contributed by atoms with Gasteiger partial charge in [0, 0.05) is 152 Å². The lowest BCUT2D eigenvalue weighted by Crippen LogP contribution is -2.23. The number of furan rings is 1. The van der Waals surface area contributed by atoms with Gasteiger partial charge in [-0.2, -0.15) is 0 Å². The van der Waals surface area contributed by atoms with Crippen molar-refractivity contribution in [3.05, 3.63) is 540 Å². The normalized spacial score (nSPS) is 12.0. The van der Waals surface area contributed by atoms with Gasteiger partial charge in [-0.15, -0.1) is 0 Å². The van der Waals surface area contributed by atoms with Gasteiger partial charge in [-0.1, -0.05) is 303 Å². The van der Waals surface area contributed by atoms with Gasteiger partial charge in [0.15, 0.2) is 0 Å². The largest absolute Gasteiger partial charge is 0.455 e. The average molecular weight is 1840 g/mol. The molecule has 676 valence electrons. The fraction of sp³-hybridized carbons (Fsp3) is 0. The van der Waals surface area contributed by atoms with Crippen LogP contribution < -0.4 is 14.7 Å². The highest BCUT2D eigenvalue weighted by Gasteiger charge is 2.32. The Morgan fingerprint density at radius 1 is 0.167 bits per heavy atom. The first-order valence-corrected chi connectivity index (χ1v) is 49.2. The van der Waals surface area contributed by atoms with Crippen LogP contribution in [-0.4, -0.2) is 27.4 Å². The molecule has 0 aliphatic carbocycles. The van der Waals surface area contributed by atoms with Crippen LogP contribution in [0.15, 0.2) is 545 Å². The number of fused-ring (bicyclic) bond motifs is 22. The standard InChI is InChI=1S/C46H31N3.C44H30N4.C44H28N2O/c1-3-15-36(16-4-1)47-28-27-42-44(47)26-24-41-43-31-40(23-25-45(43)49(46(41)42)37-17-5-2-6-18-37)48(38-21-19-32-11-7-9-13-34(32)29-38)39-22-20-33-12-8-10-14-35(33)30-39;1-4-14-31(15-5-1)45-29-28-36-38(45)27-25-35-37-30-34(24-26-39(37)48(44(35)36)33-18-8-3-9-19-33)47-42-22-12-10-20-40(42)46(32-16-6-2-7-17-32)41-21-11-13-23-43(41)47;1-4-12-29(13-5-1)33-18-10-20-36-37-21-11-19-34(44(37)47-43(33)36)30-22-24-41-39(28-30)35-23-25-40-38(26-27-45(40)31-14-6-2-7-15-31)42(35)46(41)32-16-8-3-9-17-32/h1-31H;1-30H;1-28H. The van der Waals surface area contributed by atoms with E-state index in [0.717, 1.165) is 130 Å². The lowest BCUT2D eigenvalue weighted by atomic mass is 9.99. The number of anilines is 9. The summed E-state index contributed by atoms with van der Waals surface area (Å²) in [5.41, 5.74) is 34.2. The van der Waals surface area contributed by atoms with Crippen LogP contribution in [0.4, 0.5) is 51.2 Å². The van der Waals surface area contributed by atoms with E-state index in [1.54, 1.807) is 0 Å². The summed E-state index contributed by atoms with van der Waals surface area (Å²) in [7, 11) is 0. The van der Waals surface area contributed by atoms with E-state index < -0.39 is 0 Å². The molecule has 29 aromatic rings. The first-order valence-electron chi connectivity index (χ1n) is 49.2. The summed E-state index contributed by atoms with van der Waals surface area (Å²) in [6, 6.07) is 187.